The fourth-order valence-corrected chi connectivity index (χ4v) is 14.0. The molecule has 12 aromatic rings. The van der Waals surface area contributed by atoms with E-state index in [1.54, 1.807) is 0 Å². The van der Waals surface area contributed by atoms with E-state index in [0.717, 1.165) is 32.7 Å². The Bertz CT molecular complexity index is 4600. The van der Waals surface area contributed by atoms with Crippen molar-refractivity contribution in [2.75, 3.05) is 4.67 Å². The van der Waals surface area contributed by atoms with Crippen LogP contribution in [0.3, 0.4) is 0 Å². The van der Waals surface area contributed by atoms with E-state index in [-0.39, 0.29) is 22.5 Å². The maximum atomic E-state index is 14.2. The predicted molar refractivity (Wildman–Crippen MR) is 347 cm³/mol. The van der Waals surface area contributed by atoms with E-state index in [9.17, 15) is 105 Å². The molecule has 11 aromatic carbocycles. The van der Waals surface area contributed by atoms with Crippen LogP contribution in [0.4, 0.5) is 105 Å². The minimum absolute atomic E-state index is 0. The van der Waals surface area contributed by atoms with Crippen LogP contribution in [0.1, 0.15) is 68.6 Å². The van der Waals surface area contributed by atoms with Crippen molar-refractivity contribution in [3.63, 3.8) is 0 Å². The first-order chi connectivity index (χ1) is 47.9. The summed E-state index contributed by atoms with van der Waals surface area (Å²) in [6.07, 6.45) is -53.3. The molecule has 0 saturated carbocycles. The molecule has 1 aromatic heterocycles. The van der Waals surface area contributed by atoms with Gasteiger partial charge >= 0.3 is 74.1 Å². The molecule has 0 spiro atoms. The summed E-state index contributed by atoms with van der Waals surface area (Å²) in [5.41, 5.74) is -26.0. The Morgan fingerprint density at radius 1 is 0.346 bits per heavy atom. The Labute approximate surface area is 586 Å². The monoisotopic (exact) mass is 1540 g/mol. The van der Waals surface area contributed by atoms with Gasteiger partial charge in [-0.2, -0.15) is 132 Å². The summed E-state index contributed by atoms with van der Waals surface area (Å²) < 4.78 is 357. The molecular formula is C74H47BF24NNiO2P+. The summed E-state index contributed by atoms with van der Waals surface area (Å²) in [6, 6.07) is 42.7. The minimum Gasteiger partial charge on any atom is -0.408 e. The molecule has 0 N–H and O–H groups in total. The number of halogens is 24. The van der Waals surface area contributed by atoms with E-state index in [1.807, 2.05) is 0 Å². The van der Waals surface area contributed by atoms with Gasteiger partial charge in [-0.25, -0.2) is 0 Å². The fourth-order valence-electron chi connectivity index (χ4n) is 12.4. The topological polar surface area (TPSA) is 29.5 Å². The van der Waals surface area contributed by atoms with Crippen molar-refractivity contribution >= 4 is 90.4 Å². The molecule has 12 rings (SSSR count). The Morgan fingerprint density at radius 3 is 0.904 bits per heavy atom. The molecule has 0 amide bonds. The molecule has 0 aliphatic rings. The van der Waals surface area contributed by atoms with Crippen LogP contribution in [0.2, 0.25) is 0 Å². The molecule has 1 atom stereocenters. The summed E-state index contributed by atoms with van der Waals surface area (Å²) in [5.74, 6) is 0. The molecule has 0 saturated heterocycles. The number of hydrogen-bond donors (Lipinski definition) is 0. The van der Waals surface area contributed by atoms with Gasteiger partial charge in [0.05, 0.1) is 44.5 Å². The quantitative estimate of drug-likeness (QED) is 0.107. The van der Waals surface area contributed by atoms with Crippen molar-refractivity contribution in [1.29, 1.82) is 0 Å². The molecule has 545 valence electrons. The van der Waals surface area contributed by atoms with Crippen LogP contribution < -0.4 is 26.5 Å². The summed E-state index contributed by atoms with van der Waals surface area (Å²) in [6.45, 7) is 9.45. The molecule has 30 heteroatoms. The van der Waals surface area contributed by atoms with Crippen molar-refractivity contribution in [2.24, 2.45) is 0 Å². The average Bonchev–Trinajstić information content (AvgIpc) is 0.785. The number of benzene rings is 11. The summed E-state index contributed by atoms with van der Waals surface area (Å²) in [7, 11) is -1.55. The first-order valence-corrected chi connectivity index (χ1v) is 31.3. The second kappa shape index (κ2) is 29.5. The van der Waals surface area contributed by atoms with Gasteiger partial charge in [0.15, 0.2) is 0 Å². The van der Waals surface area contributed by atoms with Gasteiger partial charge in [0.25, 0.3) is 0 Å². The zero-order chi connectivity index (χ0) is 75.4. The van der Waals surface area contributed by atoms with Crippen molar-refractivity contribution in [2.45, 2.75) is 68.9 Å². The number of hydrogen-bond acceptors (Lipinski definition) is 3. The number of fused-ring (bicyclic) bond motifs is 8. The summed E-state index contributed by atoms with van der Waals surface area (Å²) in [5, 5.41) is 9.35. The standard InChI is InChI=1S/C39H30NO2P.C32H12BF24.C3H5.Ni/c1-27(32-21-11-17-29-14-5-8-18-33(29)32)40(26-28-12-3-2-4-13-28)43-41-36-24-22-30-15-6-9-19-34(30)38(36)39-35-20-10-7-16-31(35)23-25-37(39)42-43;34-25(35,36)13-1-14(26(37,38)39)6-21(5-13)33(22-7-15(27(40,41)42)2-16(8-22)28(43,44)45,23-9-17(29(46,47)48)3-18(10-23)30(49,50)51)24-11-19(31(52,53)54)4-20(12-24)32(55,56)57;1-3-2;/h2-25,27H,26H2,1H3;1-12H;3H,1-2H2;/q;-1;;+2/t27-;;;/m0.../s1. The Morgan fingerprint density at radius 2 is 0.606 bits per heavy atom. The van der Waals surface area contributed by atoms with Crippen molar-refractivity contribution in [1.82, 2.24) is 0 Å². The van der Waals surface area contributed by atoms with Gasteiger partial charge in [-0.15, -0.1) is 0 Å². The van der Waals surface area contributed by atoms with Crippen molar-refractivity contribution < 1.29 is 130 Å². The minimum atomic E-state index is -6.13. The molecular weight excluding hydrogens is 1490 g/mol. The van der Waals surface area contributed by atoms with E-state index in [2.05, 4.69) is 171 Å². The third-order valence-corrected chi connectivity index (χ3v) is 18.6. The third kappa shape index (κ3) is 16.8. The predicted octanol–water partition coefficient (Wildman–Crippen LogP) is 23.7. The number of nitrogens with zero attached hydrogens (tertiary/aromatic N) is 1. The van der Waals surface area contributed by atoms with E-state index in [1.165, 1.54) is 39.1 Å². The van der Waals surface area contributed by atoms with Gasteiger partial charge in [-0.3, -0.25) is 0 Å². The Balaban J connectivity index is 0.000000237. The first kappa shape index (κ1) is 79.1. The molecule has 0 fully saturated rings. The van der Waals surface area contributed by atoms with E-state index in [0.29, 0.717) is 6.54 Å². The average molecular weight is 1540 g/mol. The van der Waals surface area contributed by atoms with Gasteiger partial charge in [-0.1, -0.05) is 182 Å². The van der Waals surface area contributed by atoms with Crippen molar-refractivity contribution in [3.05, 3.63) is 294 Å². The van der Waals surface area contributed by atoms with E-state index < -0.39 is 203 Å². The van der Waals surface area contributed by atoms with Gasteiger partial charge in [0.2, 0.25) is 0 Å². The molecule has 0 bridgehead atoms. The molecule has 3 nitrogen and oxygen atoms in total. The van der Waals surface area contributed by atoms with Gasteiger partial charge in [0, 0.05) is 23.4 Å². The van der Waals surface area contributed by atoms with E-state index in [4.69, 9.17) is 8.39 Å². The fraction of sp³-hybridized carbons (Fsp3) is 0.149. The zero-order valence-corrected chi connectivity index (χ0v) is 54.6. The van der Waals surface area contributed by atoms with Crippen LogP contribution >= 0.6 is 8.16 Å². The van der Waals surface area contributed by atoms with Gasteiger partial charge in [-0.05, 0) is 107 Å². The molecule has 0 unspecified atom stereocenters. The Kier molecular flexibility index (Phi) is 22.4. The largest absolute Gasteiger partial charge is 2.00 e. The van der Waals surface area contributed by atoms with Gasteiger partial charge < -0.3 is 8.39 Å². The number of rotatable bonds is 9. The molecule has 0 aliphatic carbocycles. The van der Waals surface area contributed by atoms with Crippen LogP contribution in [0, 0.1) is 20.3 Å². The maximum absolute atomic E-state index is 14.2. The van der Waals surface area contributed by atoms with Gasteiger partial charge in [0.1, 0.15) is 17.3 Å². The van der Waals surface area contributed by atoms with Crippen LogP contribution in [-0.4, -0.2) is 6.15 Å². The second-order valence-corrected chi connectivity index (χ2v) is 24.9. The Hall–Kier alpha value is -9.06. The normalized spacial score (nSPS) is 13.2. The maximum Gasteiger partial charge on any atom is 2.00 e. The van der Waals surface area contributed by atoms with Crippen LogP contribution in [0.25, 0.3) is 54.3 Å². The zero-order valence-electron chi connectivity index (χ0n) is 52.7. The van der Waals surface area contributed by atoms with Crippen LogP contribution in [-0.2, 0) is 72.4 Å². The van der Waals surface area contributed by atoms with E-state index >= 15 is 0 Å². The smallest absolute Gasteiger partial charge is 0.408 e. The van der Waals surface area contributed by atoms with Crippen molar-refractivity contribution in [3.8, 4) is 0 Å². The first-order valence-electron chi connectivity index (χ1n) is 30.2. The second-order valence-electron chi connectivity index (χ2n) is 23.6. The molecule has 104 heavy (non-hydrogen) atoms. The number of alkyl halides is 24. The van der Waals surface area contributed by atoms with Crippen LogP contribution in [0.5, 0.6) is 0 Å². The SMILES string of the molecule is C[C@@H](c1cccc2ccccc12)N(Cc1ccccc1)p1oc2ccc3ccccc3c2c2c(ccc3ccccc32)o1.FC(F)(F)c1cc([B-](c2cc(C(F)(F)F)cc(C(F)(F)F)c2)(c2cc(C(F)(F)F)cc(C(F)(F)F)c2)c2cc(C(F)(F)F)cc(C(F)(F)F)c2)cc(C(F)(F)F)c1.[CH2][CH][CH2].[Ni+2]. The summed E-state index contributed by atoms with van der Waals surface area (Å²) >= 11 is 0. The molecule has 0 aliphatic heterocycles. The third-order valence-electron chi connectivity index (χ3n) is 16.9. The summed E-state index contributed by atoms with van der Waals surface area (Å²) in [4.78, 5) is 0. The molecule has 1 heterocycles. The molecule has 3 radical (unpaired) electrons. The van der Waals surface area contributed by atoms with Crippen LogP contribution in [0.15, 0.2) is 227 Å².